The molecule has 0 spiro atoms. The maximum absolute atomic E-state index is 5.81. The molecule has 16 heavy (non-hydrogen) atoms. The monoisotopic (exact) mass is 266 g/mol. The van der Waals surface area contributed by atoms with Crippen LogP contribution in [0.25, 0.3) is 0 Å². The lowest BCUT2D eigenvalue weighted by Crippen LogP contribution is -2.21. The van der Waals surface area contributed by atoms with Crippen molar-refractivity contribution in [2.75, 3.05) is 19.8 Å². The van der Waals surface area contributed by atoms with Crippen molar-refractivity contribution in [3.8, 4) is 11.5 Å². The second kappa shape index (κ2) is 6.81. The molecule has 92 valence electrons. The van der Waals surface area contributed by atoms with Crippen molar-refractivity contribution in [2.45, 2.75) is 6.04 Å². The topological polar surface area (TPSA) is 70.5 Å². The van der Waals surface area contributed by atoms with Gasteiger partial charge in [-0.2, -0.15) is 0 Å². The van der Waals surface area contributed by atoms with Gasteiger partial charge in [0, 0.05) is 12.6 Å². The fraction of sp³-hybridized carbons (Fsp3) is 0.400. The minimum atomic E-state index is -0.133. The molecule has 2 rings (SSSR count). The van der Waals surface area contributed by atoms with Gasteiger partial charge >= 0.3 is 0 Å². The van der Waals surface area contributed by atoms with Crippen LogP contribution < -0.4 is 20.9 Å². The zero-order valence-electron chi connectivity index (χ0n) is 8.72. The van der Waals surface area contributed by atoms with E-state index in [1.165, 1.54) is 0 Å². The molecule has 1 aromatic carbocycles. The Morgan fingerprint density at radius 3 is 2.38 bits per heavy atom. The van der Waals surface area contributed by atoms with Crippen LogP contribution in [0.1, 0.15) is 11.6 Å². The van der Waals surface area contributed by atoms with Gasteiger partial charge in [0.25, 0.3) is 0 Å². The van der Waals surface area contributed by atoms with Crippen molar-refractivity contribution in [1.29, 1.82) is 0 Å². The normalized spacial score (nSPS) is 14.4. The van der Waals surface area contributed by atoms with Gasteiger partial charge in [-0.05, 0) is 17.7 Å². The second-order valence-electron chi connectivity index (χ2n) is 3.25. The number of rotatable bonds is 2. The number of ether oxygens (including phenoxy) is 2. The van der Waals surface area contributed by atoms with Gasteiger partial charge in [0.2, 0.25) is 0 Å². The SMILES string of the molecule is Cl.Cl.NCC(N)c1ccc2c(c1)OCCO2. The largest absolute Gasteiger partial charge is 0.486 e. The number of hydrogen-bond acceptors (Lipinski definition) is 4. The van der Waals surface area contributed by atoms with Crippen molar-refractivity contribution in [1.82, 2.24) is 0 Å². The third-order valence-corrected chi connectivity index (χ3v) is 2.25. The molecule has 0 fully saturated rings. The highest BCUT2D eigenvalue weighted by Crippen LogP contribution is 2.31. The Hall–Kier alpha value is -0.680. The third kappa shape index (κ3) is 3.15. The van der Waals surface area contributed by atoms with E-state index < -0.39 is 0 Å². The molecule has 1 aliphatic rings. The molecule has 0 saturated carbocycles. The summed E-state index contributed by atoms with van der Waals surface area (Å²) in [5, 5.41) is 0. The maximum atomic E-state index is 5.81. The van der Waals surface area contributed by atoms with Gasteiger partial charge in [0.15, 0.2) is 11.5 Å². The summed E-state index contributed by atoms with van der Waals surface area (Å²) in [5.74, 6) is 1.54. The van der Waals surface area contributed by atoms with E-state index in [4.69, 9.17) is 20.9 Å². The molecule has 4 nitrogen and oxygen atoms in total. The molecular formula is C10H16Cl2N2O2. The van der Waals surface area contributed by atoms with E-state index in [2.05, 4.69) is 0 Å². The fourth-order valence-corrected chi connectivity index (χ4v) is 1.43. The zero-order valence-corrected chi connectivity index (χ0v) is 10.4. The summed E-state index contributed by atoms with van der Waals surface area (Å²) >= 11 is 0. The van der Waals surface area contributed by atoms with Crippen molar-refractivity contribution >= 4 is 24.8 Å². The van der Waals surface area contributed by atoms with Crippen molar-refractivity contribution in [3.63, 3.8) is 0 Å². The zero-order chi connectivity index (χ0) is 9.97. The lowest BCUT2D eigenvalue weighted by molar-refractivity contribution is 0.171. The Balaban J connectivity index is 0.00000112. The summed E-state index contributed by atoms with van der Waals surface area (Å²) in [6.07, 6.45) is 0. The molecular weight excluding hydrogens is 251 g/mol. The van der Waals surface area contributed by atoms with Gasteiger partial charge in [-0.1, -0.05) is 6.07 Å². The summed E-state index contributed by atoms with van der Waals surface area (Å²) in [4.78, 5) is 0. The first-order chi connectivity index (χ1) is 6.81. The molecule has 1 atom stereocenters. The van der Waals surface area contributed by atoms with Crippen molar-refractivity contribution in [2.24, 2.45) is 11.5 Å². The Morgan fingerprint density at radius 1 is 1.12 bits per heavy atom. The Kier molecular flexibility index (Phi) is 6.52. The molecule has 0 aromatic heterocycles. The molecule has 1 aliphatic heterocycles. The van der Waals surface area contributed by atoms with Crippen molar-refractivity contribution < 1.29 is 9.47 Å². The van der Waals surface area contributed by atoms with E-state index in [-0.39, 0.29) is 30.9 Å². The molecule has 1 unspecified atom stereocenters. The highest BCUT2D eigenvalue weighted by Gasteiger charge is 2.13. The van der Waals surface area contributed by atoms with E-state index in [1.54, 1.807) is 0 Å². The average molecular weight is 267 g/mol. The smallest absolute Gasteiger partial charge is 0.161 e. The quantitative estimate of drug-likeness (QED) is 0.846. The number of halogens is 2. The van der Waals surface area contributed by atoms with E-state index in [0.29, 0.717) is 19.8 Å². The lowest BCUT2D eigenvalue weighted by atomic mass is 10.1. The molecule has 1 aromatic rings. The number of hydrogen-bond donors (Lipinski definition) is 2. The molecule has 0 radical (unpaired) electrons. The van der Waals surface area contributed by atoms with Gasteiger partial charge < -0.3 is 20.9 Å². The predicted molar refractivity (Wildman–Crippen MR) is 67.9 cm³/mol. The summed E-state index contributed by atoms with van der Waals surface area (Å²) < 4.78 is 10.8. The molecule has 0 aliphatic carbocycles. The predicted octanol–water partition coefficient (Wildman–Crippen LogP) is 1.26. The summed E-state index contributed by atoms with van der Waals surface area (Å²) in [5.41, 5.74) is 12.3. The standard InChI is InChI=1S/C10H14N2O2.2ClH/c11-6-8(12)7-1-2-9-10(5-7)14-4-3-13-9;;/h1-2,5,8H,3-4,6,11-12H2;2*1H. The number of fused-ring (bicyclic) bond motifs is 1. The van der Waals surface area contributed by atoms with E-state index in [0.717, 1.165) is 17.1 Å². The Bertz CT molecular complexity index is 337. The second-order valence-corrected chi connectivity index (χ2v) is 3.25. The highest BCUT2D eigenvalue weighted by molar-refractivity contribution is 5.85. The molecule has 4 N–H and O–H groups in total. The summed E-state index contributed by atoms with van der Waals surface area (Å²) in [6.45, 7) is 1.63. The van der Waals surface area contributed by atoms with Crippen LogP contribution in [0, 0.1) is 0 Å². The van der Waals surface area contributed by atoms with Crippen LogP contribution in [-0.4, -0.2) is 19.8 Å². The van der Waals surface area contributed by atoms with Gasteiger partial charge in [0.1, 0.15) is 13.2 Å². The first kappa shape index (κ1) is 15.3. The molecule has 0 amide bonds. The van der Waals surface area contributed by atoms with E-state index >= 15 is 0 Å². The van der Waals surface area contributed by atoms with Crippen LogP contribution in [0.15, 0.2) is 18.2 Å². The van der Waals surface area contributed by atoms with Crippen LogP contribution in [-0.2, 0) is 0 Å². The molecule has 1 heterocycles. The highest BCUT2D eigenvalue weighted by atomic mass is 35.5. The Morgan fingerprint density at radius 2 is 1.75 bits per heavy atom. The van der Waals surface area contributed by atoms with Gasteiger partial charge in [-0.15, -0.1) is 24.8 Å². The first-order valence-electron chi connectivity index (χ1n) is 4.66. The van der Waals surface area contributed by atoms with E-state index in [9.17, 15) is 0 Å². The first-order valence-corrected chi connectivity index (χ1v) is 4.66. The summed E-state index contributed by atoms with van der Waals surface area (Å²) in [7, 11) is 0. The van der Waals surface area contributed by atoms with Crippen molar-refractivity contribution in [3.05, 3.63) is 23.8 Å². The van der Waals surface area contributed by atoms with Crippen LogP contribution in [0.2, 0.25) is 0 Å². The van der Waals surface area contributed by atoms with Gasteiger partial charge in [-0.3, -0.25) is 0 Å². The fourth-order valence-electron chi connectivity index (χ4n) is 1.43. The minimum Gasteiger partial charge on any atom is -0.486 e. The Labute approximate surface area is 107 Å². The van der Waals surface area contributed by atoms with Crippen LogP contribution >= 0.6 is 24.8 Å². The lowest BCUT2D eigenvalue weighted by Gasteiger charge is -2.20. The maximum Gasteiger partial charge on any atom is 0.161 e. The average Bonchev–Trinajstić information content (AvgIpc) is 2.27. The molecule has 0 bridgehead atoms. The van der Waals surface area contributed by atoms with Gasteiger partial charge in [0.05, 0.1) is 0 Å². The van der Waals surface area contributed by atoms with Crippen LogP contribution in [0.5, 0.6) is 11.5 Å². The molecule has 6 heteroatoms. The minimum absolute atomic E-state index is 0. The van der Waals surface area contributed by atoms with Gasteiger partial charge in [-0.25, -0.2) is 0 Å². The third-order valence-electron chi connectivity index (χ3n) is 2.25. The molecule has 0 saturated heterocycles. The van der Waals surface area contributed by atoms with E-state index in [1.807, 2.05) is 18.2 Å². The number of benzene rings is 1. The van der Waals surface area contributed by atoms with Crippen LogP contribution in [0.4, 0.5) is 0 Å². The number of nitrogens with two attached hydrogens (primary N) is 2. The van der Waals surface area contributed by atoms with Crippen LogP contribution in [0.3, 0.4) is 0 Å². The summed E-state index contributed by atoms with van der Waals surface area (Å²) in [6, 6.07) is 5.56.